The van der Waals surface area contributed by atoms with Crippen LogP contribution in [0.15, 0.2) is 174 Å². The lowest BCUT2D eigenvalue weighted by Crippen LogP contribution is -2.15. The zero-order valence-corrected chi connectivity index (χ0v) is 29.5. The quantitative estimate of drug-likeness (QED) is 0.185. The van der Waals surface area contributed by atoms with Gasteiger partial charge in [0, 0.05) is 44.0 Å². The van der Waals surface area contributed by atoms with Gasteiger partial charge >= 0.3 is 0 Å². The summed E-state index contributed by atoms with van der Waals surface area (Å²) < 4.78 is 9.36. The van der Waals surface area contributed by atoms with Crippen molar-refractivity contribution in [1.29, 1.82) is 0 Å². The summed E-state index contributed by atoms with van der Waals surface area (Å²) in [6.07, 6.45) is 0. The van der Waals surface area contributed by atoms with Gasteiger partial charge in [0.25, 0.3) is 0 Å². The summed E-state index contributed by atoms with van der Waals surface area (Å²) in [5.74, 6) is 0. The van der Waals surface area contributed by atoms with Crippen molar-refractivity contribution in [2.24, 2.45) is 0 Å². The van der Waals surface area contributed by atoms with E-state index in [1.807, 2.05) is 6.07 Å². The molecule has 0 amide bonds. The number of aromatic nitrogens is 2. The zero-order valence-electron chi connectivity index (χ0n) is 29.5. The molecule has 1 aliphatic rings. The summed E-state index contributed by atoms with van der Waals surface area (Å²) >= 11 is 0. The maximum atomic E-state index is 6.91. The number of benzene rings is 7. The summed E-state index contributed by atoms with van der Waals surface area (Å²) in [6.45, 7) is 4.69. The molecule has 0 spiro atoms. The Hall–Kier alpha value is -6.71. The van der Waals surface area contributed by atoms with Gasteiger partial charge in [0.15, 0.2) is 0 Å². The third-order valence-electron chi connectivity index (χ3n) is 11.4. The van der Waals surface area contributed by atoms with Gasteiger partial charge in [-0.25, -0.2) is 4.98 Å². The molecule has 0 radical (unpaired) electrons. The zero-order chi connectivity index (χ0) is 35.3. The standard InChI is InChI=1S/C50H34N2O/c1-50(2)39-22-12-9-19-36(39)44-45-37-20-10-13-23-42(37)52(48(45)46-38-21-11-14-24-43(38)53-49(46)47(44)50)35-27-25-33(26-28-35)41-30-34(31-15-5-3-6-16-31)29-40(51-41)32-17-7-4-8-18-32/h3-30H,1-2H3. The Kier molecular flexibility index (Phi) is 6.30. The van der Waals surface area contributed by atoms with Crippen LogP contribution < -0.4 is 0 Å². The summed E-state index contributed by atoms with van der Waals surface area (Å²) in [7, 11) is 0. The van der Waals surface area contributed by atoms with E-state index in [9.17, 15) is 0 Å². The SMILES string of the molecule is CC1(C)c2ccccc2-c2c1c1oc3ccccc3c1c1c2c2ccccc2n1-c1ccc(-c2cc(-c3ccccc3)cc(-c3ccccc3)n2)cc1. The van der Waals surface area contributed by atoms with Crippen LogP contribution >= 0.6 is 0 Å². The highest BCUT2D eigenvalue weighted by molar-refractivity contribution is 6.30. The van der Waals surface area contributed by atoms with Crippen LogP contribution in [0.5, 0.6) is 0 Å². The van der Waals surface area contributed by atoms with Gasteiger partial charge < -0.3 is 8.98 Å². The number of fused-ring (bicyclic) bond motifs is 12. The van der Waals surface area contributed by atoms with Gasteiger partial charge in [-0.15, -0.1) is 0 Å². The number of hydrogen-bond acceptors (Lipinski definition) is 2. The molecule has 53 heavy (non-hydrogen) atoms. The van der Waals surface area contributed by atoms with Crippen molar-refractivity contribution in [1.82, 2.24) is 9.55 Å². The second-order valence-corrected chi connectivity index (χ2v) is 14.7. The number of nitrogens with zero attached hydrogens (tertiary/aromatic N) is 2. The van der Waals surface area contributed by atoms with Gasteiger partial charge in [-0.1, -0.05) is 147 Å². The maximum Gasteiger partial charge on any atom is 0.142 e. The van der Waals surface area contributed by atoms with E-state index in [1.54, 1.807) is 0 Å². The molecule has 0 bridgehead atoms. The Balaban J connectivity index is 1.18. The van der Waals surface area contributed by atoms with Crippen LogP contribution in [-0.2, 0) is 5.41 Å². The van der Waals surface area contributed by atoms with E-state index in [0.29, 0.717) is 0 Å². The first-order valence-corrected chi connectivity index (χ1v) is 18.3. The molecule has 3 heteroatoms. The minimum Gasteiger partial charge on any atom is -0.456 e. The van der Waals surface area contributed by atoms with Crippen molar-refractivity contribution in [3.05, 3.63) is 181 Å². The van der Waals surface area contributed by atoms with Gasteiger partial charge in [0.1, 0.15) is 11.2 Å². The molecule has 7 aromatic carbocycles. The number of para-hydroxylation sites is 2. The average Bonchev–Trinajstić information content (AvgIpc) is 3.84. The second-order valence-electron chi connectivity index (χ2n) is 14.7. The number of hydrogen-bond donors (Lipinski definition) is 0. The van der Waals surface area contributed by atoms with Crippen molar-refractivity contribution in [3.63, 3.8) is 0 Å². The molecule has 250 valence electrons. The molecule has 1 aliphatic carbocycles. The van der Waals surface area contributed by atoms with E-state index in [2.05, 4.69) is 182 Å². The van der Waals surface area contributed by atoms with Crippen molar-refractivity contribution in [3.8, 4) is 50.5 Å². The molecule has 0 saturated carbocycles. The number of pyridine rings is 1. The van der Waals surface area contributed by atoms with Gasteiger partial charge in [0.05, 0.1) is 27.8 Å². The van der Waals surface area contributed by atoms with Crippen LogP contribution in [0.4, 0.5) is 0 Å². The maximum absolute atomic E-state index is 6.91. The van der Waals surface area contributed by atoms with Crippen LogP contribution in [-0.4, -0.2) is 9.55 Å². The average molecular weight is 679 g/mol. The summed E-state index contributed by atoms with van der Waals surface area (Å²) in [6, 6.07) is 60.6. The molecular formula is C50H34N2O. The van der Waals surface area contributed by atoms with Crippen LogP contribution in [0.25, 0.3) is 94.2 Å². The first-order valence-electron chi connectivity index (χ1n) is 18.3. The lowest BCUT2D eigenvalue weighted by Gasteiger charge is -2.22. The van der Waals surface area contributed by atoms with E-state index >= 15 is 0 Å². The molecule has 10 aromatic rings. The highest BCUT2D eigenvalue weighted by Gasteiger charge is 2.41. The van der Waals surface area contributed by atoms with Gasteiger partial charge in [-0.2, -0.15) is 0 Å². The smallest absolute Gasteiger partial charge is 0.142 e. The van der Waals surface area contributed by atoms with Gasteiger partial charge in [0.2, 0.25) is 0 Å². The minimum absolute atomic E-state index is 0.225. The largest absolute Gasteiger partial charge is 0.456 e. The number of furan rings is 1. The van der Waals surface area contributed by atoms with Crippen LogP contribution in [0.1, 0.15) is 25.0 Å². The van der Waals surface area contributed by atoms with Crippen molar-refractivity contribution < 1.29 is 4.42 Å². The topological polar surface area (TPSA) is 31.0 Å². The number of rotatable bonds is 4. The fourth-order valence-electron chi connectivity index (χ4n) is 8.95. The molecule has 0 saturated heterocycles. The predicted octanol–water partition coefficient (Wildman–Crippen LogP) is 13.4. The molecular weight excluding hydrogens is 645 g/mol. The first-order chi connectivity index (χ1) is 26.1. The van der Waals surface area contributed by atoms with E-state index in [4.69, 9.17) is 9.40 Å². The molecule has 3 heterocycles. The first kappa shape index (κ1) is 30.0. The summed E-state index contributed by atoms with van der Waals surface area (Å²) in [4.78, 5) is 5.21. The van der Waals surface area contributed by atoms with E-state index < -0.39 is 0 Å². The Morgan fingerprint density at radius 2 is 1.13 bits per heavy atom. The lowest BCUT2D eigenvalue weighted by molar-refractivity contribution is 0.620. The summed E-state index contributed by atoms with van der Waals surface area (Å²) in [5, 5.41) is 4.83. The summed E-state index contributed by atoms with van der Waals surface area (Å²) in [5.41, 5.74) is 16.7. The normalized spacial score (nSPS) is 13.2. The molecule has 0 N–H and O–H groups in total. The van der Waals surface area contributed by atoms with Crippen molar-refractivity contribution in [2.45, 2.75) is 19.3 Å². The molecule has 0 unspecified atom stereocenters. The highest BCUT2D eigenvalue weighted by atomic mass is 16.3. The lowest BCUT2D eigenvalue weighted by atomic mass is 9.81. The molecule has 3 nitrogen and oxygen atoms in total. The third-order valence-corrected chi connectivity index (χ3v) is 11.4. The molecule has 3 aromatic heterocycles. The molecule has 11 rings (SSSR count). The van der Waals surface area contributed by atoms with Crippen molar-refractivity contribution >= 4 is 43.7 Å². The van der Waals surface area contributed by atoms with Gasteiger partial charge in [-0.3, -0.25) is 0 Å². The van der Waals surface area contributed by atoms with Crippen LogP contribution in [0, 0.1) is 0 Å². The van der Waals surface area contributed by atoms with Crippen molar-refractivity contribution in [2.75, 3.05) is 0 Å². The fraction of sp³-hybridized carbons (Fsp3) is 0.0600. The fourth-order valence-corrected chi connectivity index (χ4v) is 8.95. The van der Waals surface area contributed by atoms with Crippen LogP contribution in [0.3, 0.4) is 0 Å². The molecule has 0 fully saturated rings. The predicted molar refractivity (Wildman–Crippen MR) is 220 cm³/mol. The Labute approximate surface area is 307 Å². The minimum atomic E-state index is -0.225. The Bertz CT molecular complexity index is 3000. The second kappa shape index (κ2) is 11.1. The highest BCUT2D eigenvalue weighted by Crippen LogP contribution is 2.57. The molecule has 0 atom stereocenters. The Morgan fingerprint density at radius 1 is 0.528 bits per heavy atom. The van der Waals surface area contributed by atoms with Crippen LogP contribution in [0.2, 0.25) is 0 Å². The molecule has 0 aliphatic heterocycles. The van der Waals surface area contributed by atoms with E-state index in [0.717, 1.165) is 50.3 Å². The van der Waals surface area contributed by atoms with E-state index in [-0.39, 0.29) is 5.41 Å². The van der Waals surface area contributed by atoms with Gasteiger partial charge in [-0.05, 0) is 64.2 Å². The Morgan fingerprint density at radius 3 is 1.89 bits per heavy atom. The van der Waals surface area contributed by atoms with E-state index in [1.165, 1.54) is 55.0 Å². The monoisotopic (exact) mass is 678 g/mol. The third kappa shape index (κ3) is 4.31.